The third-order valence-electron chi connectivity index (χ3n) is 3.92. The van der Waals surface area contributed by atoms with Crippen LogP contribution >= 0.6 is 0 Å². The van der Waals surface area contributed by atoms with E-state index in [4.69, 9.17) is 9.57 Å². The van der Waals surface area contributed by atoms with E-state index in [-0.39, 0.29) is 17.2 Å². The summed E-state index contributed by atoms with van der Waals surface area (Å²) in [6, 6.07) is 3.57. The fourth-order valence-corrected chi connectivity index (χ4v) is 2.25. The number of rotatable bonds is 7. The molecule has 1 fully saturated rings. The number of hydrogen-bond acceptors (Lipinski definition) is 6. The van der Waals surface area contributed by atoms with Crippen LogP contribution in [0.5, 0.6) is 0 Å². The van der Waals surface area contributed by atoms with Crippen molar-refractivity contribution < 1.29 is 18.8 Å². The van der Waals surface area contributed by atoms with Gasteiger partial charge in [0.25, 0.3) is 5.91 Å². The summed E-state index contributed by atoms with van der Waals surface area (Å²) in [5.41, 5.74) is 1.44. The van der Waals surface area contributed by atoms with Gasteiger partial charge in [-0.3, -0.25) is 9.78 Å². The molecule has 1 amide bonds. The van der Waals surface area contributed by atoms with E-state index in [9.17, 15) is 9.18 Å². The molecule has 3 rings (SSSR count). The lowest BCUT2D eigenvalue weighted by atomic mass is 10.1. The molecule has 1 aliphatic rings. The van der Waals surface area contributed by atoms with E-state index in [1.165, 1.54) is 13.1 Å². The van der Waals surface area contributed by atoms with Gasteiger partial charge in [0.05, 0.1) is 25.0 Å². The minimum Gasteiger partial charge on any atom is -0.388 e. The van der Waals surface area contributed by atoms with Crippen LogP contribution in [0.3, 0.4) is 0 Å². The van der Waals surface area contributed by atoms with Crippen LogP contribution in [0.1, 0.15) is 27.9 Å². The standard InChI is InChI=1S/C18H19FN4O3/c1-12-15(8-20-9-16(12)19)18(24)23-17-5-4-13(7-21-17)3-2-6-22-26-14-10-25-11-14/h4-9,14H,2-3,10-11H2,1H3,(H,21,23,24)/b22-6+. The third kappa shape index (κ3) is 4.60. The van der Waals surface area contributed by atoms with Crippen LogP contribution in [0.25, 0.3) is 0 Å². The van der Waals surface area contributed by atoms with Gasteiger partial charge >= 0.3 is 0 Å². The van der Waals surface area contributed by atoms with Gasteiger partial charge in [0.2, 0.25) is 0 Å². The first-order valence-corrected chi connectivity index (χ1v) is 8.25. The number of amides is 1. The second-order valence-electron chi connectivity index (χ2n) is 5.89. The highest BCUT2D eigenvalue weighted by atomic mass is 19.1. The number of nitrogens with zero attached hydrogens (tertiary/aromatic N) is 3. The Morgan fingerprint density at radius 2 is 2.27 bits per heavy atom. The Balaban J connectivity index is 1.49. The average molecular weight is 358 g/mol. The molecule has 2 aromatic heterocycles. The van der Waals surface area contributed by atoms with Gasteiger partial charge in [-0.25, -0.2) is 9.37 Å². The number of nitrogens with one attached hydrogen (secondary N) is 1. The van der Waals surface area contributed by atoms with Crippen molar-refractivity contribution in [3.63, 3.8) is 0 Å². The Hall–Kier alpha value is -2.87. The van der Waals surface area contributed by atoms with Crippen LogP contribution in [0, 0.1) is 12.7 Å². The molecule has 7 nitrogen and oxygen atoms in total. The molecule has 0 spiro atoms. The van der Waals surface area contributed by atoms with Crippen LogP contribution in [-0.2, 0) is 16.0 Å². The summed E-state index contributed by atoms with van der Waals surface area (Å²) in [5.74, 6) is -0.570. The second-order valence-corrected chi connectivity index (χ2v) is 5.89. The Kier molecular flexibility index (Phi) is 5.85. The first-order chi connectivity index (χ1) is 12.6. The minimum atomic E-state index is -0.517. The minimum absolute atomic E-state index is 0.0766. The fraction of sp³-hybridized carbons (Fsp3) is 0.333. The molecule has 0 radical (unpaired) electrons. The first kappa shape index (κ1) is 17.9. The maximum absolute atomic E-state index is 13.5. The smallest absolute Gasteiger partial charge is 0.258 e. The number of carbonyl (C=O) groups excluding carboxylic acids is 1. The fourth-order valence-electron chi connectivity index (χ4n) is 2.25. The van der Waals surface area contributed by atoms with Gasteiger partial charge < -0.3 is 14.9 Å². The lowest BCUT2D eigenvalue weighted by Gasteiger charge is -2.22. The summed E-state index contributed by atoms with van der Waals surface area (Å²) in [5, 5.41) is 6.54. The Labute approximate surface area is 150 Å². The van der Waals surface area contributed by atoms with Gasteiger partial charge in [0.15, 0.2) is 6.10 Å². The van der Waals surface area contributed by atoms with E-state index in [2.05, 4.69) is 20.4 Å². The van der Waals surface area contributed by atoms with Crippen LogP contribution in [-0.4, -0.2) is 41.4 Å². The quantitative estimate of drug-likeness (QED) is 0.607. The summed E-state index contributed by atoms with van der Waals surface area (Å²) >= 11 is 0. The summed E-state index contributed by atoms with van der Waals surface area (Å²) in [6.07, 6.45) is 7.35. The number of halogens is 1. The molecular formula is C18H19FN4O3. The zero-order valence-electron chi connectivity index (χ0n) is 14.3. The van der Waals surface area contributed by atoms with Gasteiger partial charge in [-0.05, 0) is 31.4 Å². The molecule has 0 saturated carbocycles. The van der Waals surface area contributed by atoms with Crippen molar-refractivity contribution in [1.29, 1.82) is 0 Å². The SMILES string of the molecule is Cc1c(F)cncc1C(=O)Nc1ccc(CC/C=N/OC2COC2)cn1. The molecule has 0 bridgehead atoms. The van der Waals surface area contributed by atoms with Crippen LogP contribution in [0.15, 0.2) is 35.9 Å². The highest BCUT2D eigenvalue weighted by Crippen LogP contribution is 2.13. The number of aromatic nitrogens is 2. The zero-order valence-corrected chi connectivity index (χ0v) is 14.3. The van der Waals surface area contributed by atoms with E-state index >= 15 is 0 Å². The van der Waals surface area contributed by atoms with Gasteiger partial charge in [0.1, 0.15) is 11.6 Å². The van der Waals surface area contributed by atoms with Crippen LogP contribution in [0.2, 0.25) is 0 Å². The maximum atomic E-state index is 13.5. The molecule has 136 valence electrons. The Bertz CT molecular complexity index is 792. The van der Waals surface area contributed by atoms with E-state index in [1.54, 1.807) is 18.5 Å². The largest absolute Gasteiger partial charge is 0.388 e. The topological polar surface area (TPSA) is 85.7 Å². The Morgan fingerprint density at radius 3 is 2.96 bits per heavy atom. The van der Waals surface area contributed by atoms with E-state index in [0.29, 0.717) is 19.0 Å². The number of oxime groups is 1. The summed E-state index contributed by atoms with van der Waals surface area (Å²) in [7, 11) is 0. The van der Waals surface area contributed by atoms with Crippen molar-refractivity contribution in [3.05, 3.63) is 53.2 Å². The summed E-state index contributed by atoms with van der Waals surface area (Å²) < 4.78 is 18.5. The summed E-state index contributed by atoms with van der Waals surface area (Å²) in [6.45, 7) is 2.73. The van der Waals surface area contributed by atoms with E-state index in [0.717, 1.165) is 24.6 Å². The van der Waals surface area contributed by atoms with Gasteiger partial charge in [-0.2, -0.15) is 0 Å². The molecule has 0 aliphatic carbocycles. The molecule has 0 aromatic carbocycles. The predicted octanol–water partition coefficient (Wildman–Crippen LogP) is 2.51. The van der Waals surface area contributed by atoms with E-state index < -0.39 is 11.7 Å². The van der Waals surface area contributed by atoms with Gasteiger partial charge in [0, 0.05) is 24.2 Å². The third-order valence-corrected chi connectivity index (χ3v) is 3.92. The number of anilines is 1. The highest BCUT2D eigenvalue weighted by Gasteiger charge is 2.19. The van der Waals surface area contributed by atoms with Gasteiger partial charge in [-0.15, -0.1) is 0 Å². The molecule has 2 aromatic rings. The molecule has 1 saturated heterocycles. The zero-order chi connectivity index (χ0) is 18.4. The number of pyridine rings is 2. The predicted molar refractivity (Wildman–Crippen MR) is 93.6 cm³/mol. The van der Waals surface area contributed by atoms with Crippen molar-refractivity contribution >= 4 is 17.9 Å². The number of ether oxygens (including phenoxy) is 1. The van der Waals surface area contributed by atoms with Crippen molar-refractivity contribution in [3.8, 4) is 0 Å². The molecule has 26 heavy (non-hydrogen) atoms. The van der Waals surface area contributed by atoms with Crippen LogP contribution in [0.4, 0.5) is 10.2 Å². The lowest BCUT2D eigenvalue weighted by molar-refractivity contribution is -0.128. The van der Waals surface area contributed by atoms with Crippen molar-refractivity contribution in [2.75, 3.05) is 18.5 Å². The van der Waals surface area contributed by atoms with Gasteiger partial charge in [-0.1, -0.05) is 11.2 Å². The van der Waals surface area contributed by atoms with Crippen molar-refractivity contribution in [2.24, 2.45) is 5.16 Å². The number of carbonyl (C=O) groups is 1. The van der Waals surface area contributed by atoms with E-state index in [1.807, 2.05) is 6.07 Å². The number of hydrogen-bond donors (Lipinski definition) is 1. The van der Waals surface area contributed by atoms with Crippen LogP contribution < -0.4 is 5.32 Å². The molecule has 8 heteroatoms. The monoisotopic (exact) mass is 358 g/mol. The molecule has 1 N–H and O–H groups in total. The molecule has 3 heterocycles. The maximum Gasteiger partial charge on any atom is 0.258 e. The average Bonchev–Trinajstić information content (AvgIpc) is 2.60. The number of aryl methyl sites for hydroxylation is 1. The normalized spacial score (nSPS) is 14.2. The second kappa shape index (κ2) is 8.48. The molecule has 0 unspecified atom stereocenters. The highest BCUT2D eigenvalue weighted by molar-refractivity contribution is 6.04. The lowest BCUT2D eigenvalue weighted by Crippen LogP contribution is -2.34. The summed E-state index contributed by atoms with van der Waals surface area (Å²) in [4.78, 5) is 25.3. The van der Waals surface area contributed by atoms with Crippen molar-refractivity contribution in [2.45, 2.75) is 25.9 Å². The molecule has 1 aliphatic heterocycles. The molecular weight excluding hydrogens is 339 g/mol. The first-order valence-electron chi connectivity index (χ1n) is 8.25. The molecule has 0 atom stereocenters. The van der Waals surface area contributed by atoms with Crippen molar-refractivity contribution in [1.82, 2.24) is 9.97 Å². The Morgan fingerprint density at radius 1 is 1.42 bits per heavy atom.